The summed E-state index contributed by atoms with van der Waals surface area (Å²) in [6.45, 7) is 5.48. The second-order valence-electron chi connectivity index (χ2n) is 5.88. The van der Waals surface area contributed by atoms with E-state index in [9.17, 15) is 19.7 Å². The molecule has 0 aliphatic heterocycles. The first-order valence-corrected chi connectivity index (χ1v) is 8.98. The molecule has 9 nitrogen and oxygen atoms in total. The van der Waals surface area contributed by atoms with Crippen LogP contribution in [0.15, 0.2) is 36.4 Å². The Balaban J connectivity index is 2.03. The maximum Gasteiger partial charge on any atom is 0.345 e. The van der Waals surface area contributed by atoms with E-state index in [4.69, 9.17) is 14.2 Å². The highest BCUT2D eigenvalue weighted by atomic mass is 16.6. The zero-order chi connectivity index (χ0) is 21.4. The van der Waals surface area contributed by atoms with Gasteiger partial charge in [0.15, 0.2) is 18.1 Å². The third kappa shape index (κ3) is 5.68. The number of anilines is 1. The van der Waals surface area contributed by atoms with E-state index in [1.165, 1.54) is 25.1 Å². The molecule has 0 fully saturated rings. The molecule has 0 atom stereocenters. The number of para-hydroxylation sites is 1. The molecule has 0 saturated carbocycles. The van der Waals surface area contributed by atoms with Crippen LogP contribution in [0.1, 0.15) is 29.8 Å². The average Bonchev–Trinajstić information content (AvgIpc) is 2.68. The minimum atomic E-state index is -0.947. The van der Waals surface area contributed by atoms with E-state index in [1.54, 1.807) is 18.2 Å². The SMILES string of the molecule is CCOc1ccc(NC(=O)COC(=O)c2cccc(C)c2[N+](=O)[O-])cc1OCC. The van der Waals surface area contributed by atoms with Crippen molar-refractivity contribution in [3.63, 3.8) is 0 Å². The minimum Gasteiger partial charge on any atom is -0.490 e. The van der Waals surface area contributed by atoms with E-state index in [-0.39, 0.29) is 11.3 Å². The van der Waals surface area contributed by atoms with Crippen molar-refractivity contribution in [2.24, 2.45) is 0 Å². The van der Waals surface area contributed by atoms with Crippen molar-refractivity contribution < 1.29 is 28.7 Å². The van der Waals surface area contributed by atoms with Gasteiger partial charge in [-0.15, -0.1) is 0 Å². The second-order valence-corrected chi connectivity index (χ2v) is 5.88. The zero-order valence-corrected chi connectivity index (χ0v) is 16.4. The molecule has 0 spiro atoms. The third-order valence-corrected chi connectivity index (χ3v) is 3.80. The summed E-state index contributed by atoms with van der Waals surface area (Å²) >= 11 is 0. The minimum absolute atomic E-state index is 0.206. The molecule has 0 saturated heterocycles. The highest BCUT2D eigenvalue weighted by Crippen LogP contribution is 2.30. The molecule has 1 amide bonds. The number of ether oxygens (including phenoxy) is 3. The molecule has 0 heterocycles. The van der Waals surface area contributed by atoms with Crippen molar-refractivity contribution in [1.82, 2.24) is 0 Å². The quantitative estimate of drug-likeness (QED) is 0.387. The number of hydrogen-bond acceptors (Lipinski definition) is 7. The van der Waals surface area contributed by atoms with Gasteiger partial charge in [-0.25, -0.2) is 4.79 Å². The number of nitrogens with one attached hydrogen (secondary N) is 1. The van der Waals surface area contributed by atoms with Crippen molar-refractivity contribution in [2.75, 3.05) is 25.1 Å². The molecule has 2 rings (SSSR count). The Morgan fingerprint density at radius 3 is 2.41 bits per heavy atom. The van der Waals surface area contributed by atoms with Crippen LogP contribution in [-0.4, -0.2) is 36.6 Å². The number of rotatable bonds is 9. The summed E-state index contributed by atoms with van der Waals surface area (Å²) < 4.78 is 15.9. The molecule has 0 radical (unpaired) electrons. The Hall–Kier alpha value is -3.62. The summed E-state index contributed by atoms with van der Waals surface area (Å²) in [4.78, 5) is 34.8. The van der Waals surface area contributed by atoms with Gasteiger partial charge in [0.25, 0.3) is 11.6 Å². The van der Waals surface area contributed by atoms with Gasteiger partial charge in [-0.05, 0) is 39.0 Å². The molecule has 154 valence electrons. The first-order valence-electron chi connectivity index (χ1n) is 8.98. The molecular formula is C20H22N2O7. The summed E-state index contributed by atoms with van der Waals surface area (Å²) in [6.07, 6.45) is 0. The smallest absolute Gasteiger partial charge is 0.345 e. The van der Waals surface area contributed by atoms with Gasteiger partial charge in [0.2, 0.25) is 0 Å². The summed E-state index contributed by atoms with van der Waals surface area (Å²) in [7, 11) is 0. The summed E-state index contributed by atoms with van der Waals surface area (Å²) in [6, 6.07) is 9.19. The monoisotopic (exact) mass is 402 g/mol. The van der Waals surface area contributed by atoms with Gasteiger partial charge in [-0.2, -0.15) is 0 Å². The van der Waals surface area contributed by atoms with Crippen molar-refractivity contribution in [3.8, 4) is 11.5 Å². The fraction of sp³-hybridized carbons (Fsp3) is 0.300. The van der Waals surface area contributed by atoms with Crippen LogP contribution in [0.5, 0.6) is 11.5 Å². The third-order valence-electron chi connectivity index (χ3n) is 3.80. The van der Waals surface area contributed by atoms with Crippen molar-refractivity contribution in [1.29, 1.82) is 0 Å². The molecule has 9 heteroatoms. The van der Waals surface area contributed by atoms with Gasteiger partial charge >= 0.3 is 5.97 Å². The van der Waals surface area contributed by atoms with E-state index >= 15 is 0 Å². The number of esters is 1. The van der Waals surface area contributed by atoms with Gasteiger partial charge in [-0.3, -0.25) is 14.9 Å². The van der Waals surface area contributed by atoms with Gasteiger partial charge < -0.3 is 19.5 Å². The zero-order valence-electron chi connectivity index (χ0n) is 16.4. The molecule has 0 aliphatic rings. The van der Waals surface area contributed by atoms with Crippen LogP contribution in [0.4, 0.5) is 11.4 Å². The van der Waals surface area contributed by atoms with Crippen LogP contribution in [-0.2, 0) is 9.53 Å². The Morgan fingerprint density at radius 2 is 1.76 bits per heavy atom. The molecule has 2 aromatic rings. The number of benzene rings is 2. The van der Waals surface area contributed by atoms with Crippen LogP contribution in [0.2, 0.25) is 0 Å². The fourth-order valence-corrected chi connectivity index (χ4v) is 2.60. The van der Waals surface area contributed by atoms with E-state index in [1.807, 2.05) is 13.8 Å². The molecule has 29 heavy (non-hydrogen) atoms. The summed E-state index contributed by atoms with van der Waals surface area (Å²) in [5.41, 5.74) is 0.208. The number of carbonyl (C=O) groups excluding carboxylic acids is 2. The molecule has 1 N–H and O–H groups in total. The van der Waals surface area contributed by atoms with Crippen LogP contribution in [0.3, 0.4) is 0 Å². The lowest BCUT2D eigenvalue weighted by molar-refractivity contribution is -0.385. The topological polar surface area (TPSA) is 117 Å². The predicted molar refractivity (Wildman–Crippen MR) is 106 cm³/mol. The maximum absolute atomic E-state index is 12.2. The van der Waals surface area contributed by atoms with Gasteiger partial charge in [0, 0.05) is 17.3 Å². The Kier molecular flexibility index (Phi) is 7.53. The second kappa shape index (κ2) is 10.1. The van der Waals surface area contributed by atoms with Gasteiger partial charge in [-0.1, -0.05) is 12.1 Å². The number of amides is 1. The van der Waals surface area contributed by atoms with Crippen molar-refractivity contribution in [3.05, 3.63) is 57.6 Å². The van der Waals surface area contributed by atoms with Crippen molar-refractivity contribution >= 4 is 23.3 Å². The van der Waals surface area contributed by atoms with E-state index in [0.717, 1.165) is 0 Å². The Bertz CT molecular complexity index is 912. The van der Waals surface area contributed by atoms with Gasteiger partial charge in [0.05, 0.1) is 18.1 Å². The van der Waals surface area contributed by atoms with Crippen LogP contribution >= 0.6 is 0 Å². The number of aryl methyl sites for hydroxylation is 1. The Labute approximate surface area is 167 Å². The van der Waals surface area contributed by atoms with E-state index in [0.29, 0.717) is 36.0 Å². The molecule has 0 unspecified atom stereocenters. The van der Waals surface area contributed by atoms with Crippen molar-refractivity contribution in [2.45, 2.75) is 20.8 Å². The number of carbonyl (C=O) groups is 2. The van der Waals surface area contributed by atoms with E-state index in [2.05, 4.69) is 5.32 Å². The Morgan fingerprint density at radius 1 is 1.07 bits per heavy atom. The lowest BCUT2D eigenvalue weighted by atomic mass is 10.1. The molecule has 0 aromatic heterocycles. The largest absolute Gasteiger partial charge is 0.490 e. The van der Waals surface area contributed by atoms with E-state index < -0.39 is 23.4 Å². The van der Waals surface area contributed by atoms with Crippen LogP contribution in [0.25, 0.3) is 0 Å². The van der Waals surface area contributed by atoms with Crippen LogP contribution in [0, 0.1) is 17.0 Å². The lowest BCUT2D eigenvalue weighted by Gasteiger charge is -2.13. The number of nitrogens with zero attached hydrogens (tertiary/aromatic N) is 1. The summed E-state index contributed by atoms with van der Waals surface area (Å²) in [5.74, 6) is -0.525. The first-order chi connectivity index (χ1) is 13.9. The number of hydrogen-bond donors (Lipinski definition) is 1. The highest BCUT2D eigenvalue weighted by Gasteiger charge is 2.24. The predicted octanol–water partition coefficient (Wildman–Crippen LogP) is 3.50. The number of nitro groups is 1. The molecule has 2 aromatic carbocycles. The normalized spacial score (nSPS) is 10.2. The average molecular weight is 402 g/mol. The summed E-state index contributed by atoms with van der Waals surface area (Å²) in [5, 5.41) is 13.8. The van der Waals surface area contributed by atoms with Crippen LogP contribution < -0.4 is 14.8 Å². The standard InChI is InChI=1S/C20H22N2O7/c1-4-27-16-10-9-14(11-17(16)28-5-2)21-18(23)12-29-20(24)15-8-6-7-13(3)19(15)22(25)26/h6-11H,4-5,12H2,1-3H3,(H,21,23). The highest BCUT2D eigenvalue weighted by molar-refractivity contribution is 5.98. The fourth-order valence-electron chi connectivity index (χ4n) is 2.60. The number of nitro benzene ring substituents is 1. The lowest BCUT2D eigenvalue weighted by Crippen LogP contribution is -2.21. The molecule has 0 bridgehead atoms. The molecular weight excluding hydrogens is 380 g/mol. The first kappa shape index (κ1) is 21.7. The van der Waals surface area contributed by atoms with Gasteiger partial charge in [0.1, 0.15) is 5.56 Å². The maximum atomic E-state index is 12.2. The molecule has 0 aliphatic carbocycles.